The van der Waals surface area contributed by atoms with Crippen LogP contribution in [0.2, 0.25) is 19.1 Å². The van der Waals surface area contributed by atoms with Gasteiger partial charge in [-0.25, -0.2) is 9.78 Å². The van der Waals surface area contributed by atoms with Crippen LogP contribution >= 0.6 is 0 Å². The van der Waals surface area contributed by atoms with Gasteiger partial charge in [0, 0.05) is 16.5 Å². The summed E-state index contributed by atoms with van der Waals surface area (Å²) in [4.78, 5) is 45.4. The number of cyclic esters (lactones) is 1. The van der Waals surface area contributed by atoms with Gasteiger partial charge in [-0.05, 0) is 42.2 Å². The van der Waals surface area contributed by atoms with Crippen LogP contribution in [0.4, 0.5) is 0 Å². The topological polar surface area (TPSA) is 134 Å². The molecule has 0 saturated heterocycles. The van der Waals surface area contributed by atoms with Gasteiger partial charge in [0.2, 0.25) is 5.60 Å². The van der Waals surface area contributed by atoms with Crippen molar-refractivity contribution in [3.8, 4) is 17.1 Å². The van der Waals surface area contributed by atoms with Crippen LogP contribution in [0.1, 0.15) is 57.2 Å². The van der Waals surface area contributed by atoms with Crippen LogP contribution in [-0.4, -0.2) is 40.3 Å². The molecule has 2 aliphatic heterocycles. The number of hydrogen-bond donors (Lipinski definition) is 2. The lowest BCUT2D eigenvalue weighted by atomic mass is 9.85. The summed E-state index contributed by atoms with van der Waals surface area (Å²) in [6, 6.07) is 9.38. The highest BCUT2D eigenvalue weighted by atomic mass is 28.3. The van der Waals surface area contributed by atoms with Gasteiger partial charge < -0.3 is 24.9 Å². The number of phenolic OH excluding ortho intramolecular Hbond substituents is 1. The monoisotopic (exact) mass is 563 g/mol. The Morgan fingerprint density at radius 3 is 2.65 bits per heavy atom. The molecule has 3 N–H and O–H groups in total. The summed E-state index contributed by atoms with van der Waals surface area (Å²) in [5.74, 6) is -1.23. The average molecular weight is 564 g/mol. The van der Waals surface area contributed by atoms with Crippen molar-refractivity contribution in [2.75, 3.05) is 0 Å². The summed E-state index contributed by atoms with van der Waals surface area (Å²) in [7, 11) is -2.27. The fourth-order valence-corrected chi connectivity index (χ4v) is 7.94. The maximum atomic E-state index is 13.7. The third-order valence-electron chi connectivity index (χ3n) is 8.35. The summed E-state index contributed by atoms with van der Waals surface area (Å²) in [6.07, 6.45) is 1.00. The van der Waals surface area contributed by atoms with Crippen molar-refractivity contribution in [3.63, 3.8) is 0 Å². The molecule has 0 saturated carbocycles. The number of carbonyl (C=O) groups is 2. The van der Waals surface area contributed by atoms with Crippen LogP contribution in [0.15, 0.2) is 35.1 Å². The number of ether oxygens (including phenoxy) is 2. The second-order valence-electron chi connectivity index (χ2n) is 12.9. The number of hydrogen-bond acceptors (Lipinski definition) is 8. The molecule has 2 aliphatic rings. The Labute approximate surface area is 234 Å². The lowest BCUT2D eigenvalue weighted by Gasteiger charge is -2.38. The fraction of sp³-hybridized carbons (Fsp3) is 0.467. The van der Waals surface area contributed by atoms with E-state index in [9.17, 15) is 19.5 Å². The molecule has 5 rings (SSSR count). The Morgan fingerprint density at radius 2 is 1.98 bits per heavy atom. The molecule has 40 heavy (non-hydrogen) atoms. The lowest BCUT2D eigenvalue weighted by molar-refractivity contribution is -0.189. The summed E-state index contributed by atoms with van der Waals surface area (Å²) in [5, 5.41) is 10.7. The largest absolute Gasteiger partial charge is 0.508 e. The first kappa shape index (κ1) is 28.0. The highest BCUT2D eigenvalue weighted by Crippen LogP contribution is 2.41. The molecule has 212 valence electrons. The predicted octanol–water partition coefficient (Wildman–Crippen LogP) is 4.35. The molecular formula is C30H37N3O6Si. The summed E-state index contributed by atoms with van der Waals surface area (Å²) in [6.45, 7) is 12.4. The SMILES string of the molecule is CCC1(OC(=O)C(N)[Si](C)(C)CCC(C)(C)C)C(=O)OCc2c1cc1n(c2=O)Cc2cc3cc(O)ccc3nc2-1. The zero-order valence-electron chi connectivity index (χ0n) is 24.0. The van der Waals surface area contributed by atoms with Crippen molar-refractivity contribution in [2.45, 2.75) is 84.1 Å². The average Bonchev–Trinajstić information content (AvgIpc) is 3.24. The van der Waals surface area contributed by atoms with Crippen molar-refractivity contribution in [1.29, 1.82) is 0 Å². The smallest absolute Gasteiger partial charge is 0.355 e. The van der Waals surface area contributed by atoms with Gasteiger partial charge in [-0.3, -0.25) is 9.59 Å². The summed E-state index contributed by atoms with van der Waals surface area (Å²) >= 11 is 0. The number of rotatable bonds is 6. The molecule has 0 fully saturated rings. The Balaban J connectivity index is 1.57. The number of carbonyl (C=O) groups excluding carboxylic acids is 2. The number of aromatic nitrogens is 2. The number of aromatic hydroxyl groups is 1. The standard InChI is InChI=1S/C30H37N3O6Si/c1-7-30(39-27(36)25(31)40(5,6)11-10-29(2,3)4)21-14-23-24-18(12-17-13-19(34)8-9-22(17)32-24)15-33(23)26(35)20(21)16-38-28(30)37/h8-9,12-14,25,34H,7,10-11,15-16,31H2,1-6H3. The number of pyridine rings is 2. The van der Waals surface area contributed by atoms with Crippen molar-refractivity contribution in [3.05, 3.63) is 57.4 Å². The van der Waals surface area contributed by atoms with E-state index in [2.05, 4.69) is 33.9 Å². The Morgan fingerprint density at radius 1 is 1.25 bits per heavy atom. The molecule has 2 unspecified atom stereocenters. The number of nitrogens with two attached hydrogens (primary N) is 1. The molecule has 9 nitrogen and oxygen atoms in total. The van der Waals surface area contributed by atoms with E-state index in [1.165, 1.54) is 0 Å². The molecule has 2 aromatic heterocycles. The Bertz CT molecular complexity index is 1610. The quantitative estimate of drug-likeness (QED) is 0.261. The van der Waals surface area contributed by atoms with Crippen molar-refractivity contribution >= 4 is 30.9 Å². The van der Waals surface area contributed by atoms with Gasteiger partial charge in [0.15, 0.2) is 0 Å². The number of benzene rings is 1. The fourth-order valence-electron chi connectivity index (χ4n) is 5.54. The second-order valence-corrected chi connectivity index (χ2v) is 18.0. The third kappa shape index (κ3) is 4.62. The zero-order chi connectivity index (χ0) is 29.2. The van der Waals surface area contributed by atoms with E-state index >= 15 is 0 Å². The van der Waals surface area contributed by atoms with Crippen molar-refractivity contribution in [2.24, 2.45) is 11.1 Å². The molecule has 10 heteroatoms. The minimum atomic E-state index is -2.27. The van der Waals surface area contributed by atoms with Crippen LogP contribution in [-0.2, 0) is 37.8 Å². The molecule has 0 radical (unpaired) electrons. The van der Waals surface area contributed by atoms with E-state index in [-0.39, 0.29) is 35.3 Å². The lowest BCUT2D eigenvalue weighted by Crippen LogP contribution is -2.57. The third-order valence-corrected chi connectivity index (χ3v) is 11.8. The maximum absolute atomic E-state index is 13.7. The molecule has 0 aliphatic carbocycles. The Hall–Kier alpha value is -3.50. The van der Waals surface area contributed by atoms with Gasteiger partial charge in [0.05, 0.1) is 42.8 Å². The van der Waals surface area contributed by atoms with E-state index in [0.717, 1.165) is 23.4 Å². The Kier molecular flexibility index (Phi) is 6.70. The van der Waals surface area contributed by atoms with Gasteiger partial charge in [-0.2, -0.15) is 0 Å². The van der Waals surface area contributed by atoms with E-state index in [4.69, 9.17) is 20.2 Å². The van der Waals surface area contributed by atoms with Crippen LogP contribution < -0.4 is 11.3 Å². The predicted molar refractivity (Wildman–Crippen MR) is 154 cm³/mol. The normalized spacial score (nSPS) is 19.0. The van der Waals surface area contributed by atoms with E-state index in [0.29, 0.717) is 29.0 Å². The number of nitrogens with zero attached hydrogens (tertiary/aromatic N) is 2. The van der Waals surface area contributed by atoms with Gasteiger partial charge >= 0.3 is 11.9 Å². The molecule has 2 atom stereocenters. The molecule has 4 heterocycles. The van der Waals surface area contributed by atoms with Crippen molar-refractivity contribution in [1.82, 2.24) is 9.55 Å². The van der Waals surface area contributed by atoms with Gasteiger partial charge in [-0.15, -0.1) is 0 Å². The van der Waals surface area contributed by atoms with E-state index < -0.39 is 31.3 Å². The molecular weight excluding hydrogens is 526 g/mol. The highest BCUT2D eigenvalue weighted by Gasteiger charge is 2.52. The van der Waals surface area contributed by atoms with Gasteiger partial charge in [-0.1, -0.05) is 53.3 Å². The first-order valence-corrected chi connectivity index (χ1v) is 17.0. The highest BCUT2D eigenvalue weighted by molar-refractivity contribution is 6.81. The zero-order valence-corrected chi connectivity index (χ0v) is 25.0. The molecule has 3 aromatic rings. The number of fused-ring (bicyclic) bond motifs is 5. The number of esters is 2. The summed E-state index contributed by atoms with van der Waals surface area (Å²) in [5.41, 5.74) is 6.91. The van der Waals surface area contributed by atoms with Crippen LogP contribution in [0.25, 0.3) is 22.3 Å². The summed E-state index contributed by atoms with van der Waals surface area (Å²) < 4.78 is 13.1. The maximum Gasteiger partial charge on any atom is 0.355 e. The van der Waals surface area contributed by atoms with Crippen LogP contribution in [0, 0.1) is 5.41 Å². The molecule has 0 amide bonds. The van der Waals surface area contributed by atoms with Crippen LogP contribution in [0.5, 0.6) is 5.75 Å². The van der Waals surface area contributed by atoms with E-state index in [1.54, 1.807) is 35.8 Å². The second kappa shape index (κ2) is 9.55. The minimum Gasteiger partial charge on any atom is -0.508 e. The van der Waals surface area contributed by atoms with Crippen molar-refractivity contribution < 1.29 is 24.2 Å². The first-order chi connectivity index (χ1) is 18.7. The van der Waals surface area contributed by atoms with Gasteiger partial charge in [0.25, 0.3) is 5.56 Å². The minimum absolute atomic E-state index is 0.0848. The first-order valence-electron chi connectivity index (χ1n) is 13.7. The number of phenols is 1. The van der Waals surface area contributed by atoms with E-state index in [1.807, 2.05) is 6.07 Å². The van der Waals surface area contributed by atoms with Crippen LogP contribution in [0.3, 0.4) is 0 Å². The van der Waals surface area contributed by atoms with Gasteiger partial charge in [0.1, 0.15) is 12.4 Å². The molecule has 0 bridgehead atoms. The molecule has 0 spiro atoms. The molecule has 1 aromatic carbocycles.